The normalized spacial score (nSPS) is 11.4. The average molecular weight is 358 g/mol. The van der Waals surface area contributed by atoms with Gasteiger partial charge >= 0.3 is 5.97 Å². The molecule has 0 saturated carbocycles. The highest BCUT2D eigenvalue weighted by molar-refractivity contribution is 7.15. The van der Waals surface area contributed by atoms with Crippen molar-refractivity contribution in [2.45, 2.75) is 0 Å². The molecule has 0 saturated heterocycles. The van der Waals surface area contributed by atoms with Gasteiger partial charge in [-0.05, 0) is 23.3 Å². The van der Waals surface area contributed by atoms with E-state index in [0.717, 1.165) is 43.5 Å². The van der Waals surface area contributed by atoms with Crippen LogP contribution in [0.15, 0.2) is 70.5 Å². The van der Waals surface area contributed by atoms with E-state index in [-0.39, 0.29) is 5.97 Å². The summed E-state index contributed by atoms with van der Waals surface area (Å²) in [6.45, 7) is 0. The van der Waals surface area contributed by atoms with Crippen molar-refractivity contribution < 1.29 is 13.9 Å². The number of rotatable bonds is 2. The van der Waals surface area contributed by atoms with Crippen molar-refractivity contribution in [1.82, 2.24) is 0 Å². The van der Waals surface area contributed by atoms with Gasteiger partial charge in [0.2, 0.25) is 0 Å². The van der Waals surface area contributed by atoms with Gasteiger partial charge in [-0.15, -0.1) is 11.3 Å². The molecule has 2 heterocycles. The fourth-order valence-electron chi connectivity index (χ4n) is 3.53. The minimum atomic E-state index is -0.315. The number of carbonyl (C=O) groups is 1. The predicted octanol–water partition coefficient (Wildman–Crippen LogP) is 6.21. The summed E-state index contributed by atoms with van der Waals surface area (Å²) >= 11 is 1.59. The van der Waals surface area contributed by atoms with Crippen molar-refractivity contribution in [3.05, 3.63) is 71.6 Å². The summed E-state index contributed by atoms with van der Waals surface area (Å²) in [5.41, 5.74) is 3.41. The molecule has 0 bridgehead atoms. The number of benzene rings is 1. The minimum Gasteiger partial charge on any atom is -0.465 e. The Labute approximate surface area is 153 Å². The van der Waals surface area contributed by atoms with Gasteiger partial charge in [0.15, 0.2) is 0 Å². The molecule has 1 aromatic carbocycles. The zero-order valence-corrected chi connectivity index (χ0v) is 14.8. The van der Waals surface area contributed by atoms with Gasteiger partial charge in [-0.2, -0.15) is 0 Å². The Kier molecular flexibility index (Phi) is 3.33. The smallest absolute Gasteiger partial charge is 0.339 e. The maximum Gasteiger partial charge on any atom is 0.339 e. The van der Waals surface area contributed by atoms with Crippen molar-refractivity contribution in [3.63, 3.8) is 0 Å². The highest BCUT2D eigenvalue weighted by atomic mass is 32.1. The molecule has 0 N–H and O–H groups in total. The topological polar surface area (TPSA) is 39.4 Å². The number of fused-ring (bicyclic) bond motifs is 4. The standard InChI is InChI=1S/C22H14O3S/c1-24-22(23)20-15-9-4-2-3-8-14(15)19-16(20)12-26-21(19)18-11-13-7-5-6-10-17(13)25-18/h2-12H,1H3. The number of hydrogen-bond acceptors (Lipinski definition) is 4. The summed E-state index contributed by atoms with van der Waals surface area (Å²) < 4.78 is 11.1. The van der Waals surface area contributed by atoms with Crippen molar-refractivity contribution >= 4 is 39.0 Å². The first-order valence-corrected chi connectivity index (χ1v) is 9.15. The molecule has 0 radical (unpaired) electrons. The van der Waals surface area contributed by atoms with Crippen LogP contribution in [0.5, 0.6) is 0 Å². The van der Waals surface area contributed by atoms with Crippen LogP contribution in [-0.2, 0) is 4.74 Å². The number of para-hydroxylation sites is 1. The lowest BCUT2D eigenvalue weighted by atomic mass is 10.1. The molecule has 4 heteroatoms. The zero-order chi connectivity index (χ0) is 17.7. The molecule has 0 fully saturated rings. The summed E-state index contributed by atoms with van der Waals surface area (Å²) in [6.07, 6.45) is 0. The first-order chi connectivity index (χ1) is 12.8. The monoisotopic (exact) mass is 358 g/mol. The number of hydrogen-bond donors (Lipinski definition) is 0. The maximum atomic E-state index is 12.5. The zero-order valence-electron chi connectivity index (χ0n) is 14.0. The van der Waals surface area contributed by atoms with E-state index in [4.69, 9.17) is 9.15 Å². The second-order valence-electron chi connectivity index (χ2n) is 6.11. The largest absolute Gasteiger partial charge is 0.465 e. The van der Waals surface area contributed by atoms with Gasteiger partial charge in [-0.3, -0.25) is 0 Å². The quantitative estimate of drug-likeness (QED) is 0.352. The van der Waals surface area contributed by atoms with E-state index in [1.165, 1.54) is 7.11 Å². The lowest BCUT2D eigenvalue weighted by Gasteiger charge is -2.00. The van der Waals surface area contributed by atoms with Gasteiger partial charge in [0.25, 0.3) is 0 Å². The van der Waals surface area contributed by atoms with Crippen molar-refractivity contribution in [2.75, 3.05) is 7.11 Å². The van der Waals surface area contributed by atoms with Crippen LogP contribution < -0.4 is 0 Å². The lowest BCUT2D eigenvalue weighted by molar-refractivity contribution is 0.0604. The predicted molar refractivity (Wildman–Crippen MR) is 105 cm³/mol. The Bertz CT molecular complexity index is 1210. The van der Waals surface area contributed by atoms with Crippen LogP contribution in [0.4, 0.5) is 0 Å². The summed E-state index contributed by atoms with van der Waals surface area (Å²) in [5, 5.41) is 5.04. The van der Waals surface area contributed by atoms with Crippen LogP contribution in [0.3, 0.4) is 0 Å². The first-order valence-electron chi connectivity index (χ1n) is 8.27. The van der Waals surface area contributed by atoms with Crippen LogP contribution in [0.1, 0.15) is 10.4 Å². The number of methoxy groups -OCH3 is 1. The number of carbonyl (C=O) groups excluding carboxylic acids is 1. The van der Waals surface area contributed by atoms with E-state index < -0.39 is 0 Å². The third kappa shape index (κ3) is 2.09. The third-order valence-electron chi connectivity index (χ3n) is 4.68. The molecule has 26 heavy (non-hydrogen) atoms. The number of esters is 1. The fraction of sp³-hybridized carbons (Fsp3) is 0.0455. The summed E-state index contributed by atoms with van der Waals surface area (Å²) in [4.78, 5) is 13.5. The van der Waals surface area contributed by atoms with Gasteiger partial charge in [0, 0.05) is 21.5 Å². The van der Waals surface area contributed by atoms with Gasteiger partial charge in [0.1, 0.15) is 11.3 Å². The SMILES string of the molecule is COC(=O)c1c2cccccc-2c2c(-c3cc4ccccc4o3)scc12. The maximum absolute atomic E-state index is 12.5. The van der Waals surface area contributed by atoms with Crippen LogP contribution in [0.25, 0.3) is 43.5 Å². The number of thiophene rings is 1. The molecule has 5 rings (SSSR count). The summed E-state index contributed by atoms with van der Waals surface area (Å²) in [5.74, 6) is 0.506. The van der Waals surface area contributed by atoms with Crippen LogP contribution >= 0.6 is 11.3 Å². The molecule has 3 nitrogen and oxygen atoms in total. The van der Waals surface area contributed by atoms with Gasteiger partial charge in [0.05, 0.1) is 17.6 Å². The molecule has 3 aromatic rings. The second-order valence-corrected chi connectivity index (χ2v) is 6.99. The molecule has 0 atom stereocenters. The Morgan fingerprint density at radius 1 is 1.00 bits per heavy atom. The highest BCUT2D eigenvalue weighted by Gasteiger charge is 2.27. The molecule has 0 aliphatic heterocycles. The average Bonchev–Trinajstić information content (AvgIpc) is 3.29. The van der Waals surface area contributed by atoms with Gasteiger partial charge < -0.3 is 9.15 Å². The molecule has 2 aromatic heterocycles. The second kappa shape index (κ2) is 5.71. The Morgan fingerprint density at radius 2 is 1.77 bits per heavy atom. The Morgan fingerprint density at radius 3 is 2.58 bits per heavy atom. The summed E-state index contributed by atoms with van der Waals surface area (Å²) in [6, 6.07) is 19.9. The van der Waals surface area contributed by atoms with E-state index in [9.17, 15) is 4.79 Å². The number of furan rings is 1. The Hall–Kier alpha value is -3.11. The van der Waals surface area contributed by atoms with E-state index >= 15 is 0 Å². The van der Waals surface area contributed by atoms with E-state index in [2.05, 4.69) is 6.07 Å². The molecule has 2 aliphatic carbocycles. The van der Waals surface area contributed by atoms with E-state index in [1.807, 2.05) is 60.0 Å². The molecular formula is C22H14O3S. The minimum absolute atomic E-state index is 0.315. The summed E-state index contributed by atoms with van der Waals surface area (Å²) in [7, 11) is 1.42. The first kappa shape index (κ1) is 15.2. The van der Waals surface area contributed by atoms with Crippen molar-refractivity contribution in [2.24, 2.45) is 0 Å². The number of ether oxygens (including phenoxy) is 1. The molecule has 0 spiro atoms. The van der Waals surface area contributed by atoms with Gasteiger partial charge in [-0.1, -0.05) is 48.5 Å². The molecule has 2 aliphatic rings. The Balaban J connectivity index is 1.86. The molecule has 0 unspecified atom stereocenters. The fourth-order valence-corrected chi connectivity index (χ4v) is 4.56. The van der Waals surface area contributed by atoms with Crippen LogP contribution in [0.2, 0.25) is 0 Å². The van der Waals surface area contributed by atoms with Crippen LogP contribution in [-0.4, -0.2) is 13.1 Å². The molecular weight excluding hydrogens is 344 g/mol. The van der Waals surface area contributed by atoms with E-state index in [0.29, 0.717) is 5.56 Å². The highest BCUT2D eigenvalue weighted by Crippen LogP contribution is 2.47. The molecule has 126 valence electrons. The van der Waals surface area contributed by atoms with E-state index in [1.54, 1.807) is 11.3 Å². The van der Waals surface area contributed by atoms with Gasteiger partial charge in [-0.25, -0.2) is 4.79 Å². The van der Waals surface area contributed by atoms with Crippen LogP contribution in [0, 0.1) is 0 Å². The lowest BCUT2D eigenvalue weighted by Crippen LogP contribution is -2.00. The van der Waals surface area contributed by atoms with Crippen molar-refractivity contribution in [1.29, 1.82) is 0 Å². The van der Waals surface area contributed by atoms with Crippen molar-refractivity contribution in [3.8, 4) is 21.8 Å². The molecule has 0 amide bonds. The third-order valence-corrected chi connectivity index (χ3v) is 5.67.